The number of halogens is 1. The van der Waals surface area contributed by atoms with Gasteiger partial charge in [-0.05, 0) is 42.8 Å². The Balaban J connectivity index is 1.49. The molecule has 0 atom stereocenters. The van der Waals surface area contributed by atoms with E-state index in [1.54, 1.807) is 48.5 Å². The lowest BCUT2D eigenvalue weighted by atomic mass is 10.1. The quantitative estimate of drug-likeness (QED) is 0.429. The van der Waals surface area contributed by atoms with E-state index in [0.29, 0.717) is 33.3 Å². The third-order valence-electron chi connectivity index (χ3n) is 4.50. The molecule has 162 valence electrons. The third-order valence-corrected chi connectivity index (χ3v) is 5.80. The highest BCUT2D eigenvalue weighted by Crippen LogP contribution is 2.19. The van der Waals surface area contributed by atoms with E-state index in [0.717, 1.165) is 5.01 Å². The van der Waals surface area contributed by atoms with Crippen molar-refractivity contribution in [2.75, 3.05) is 5.32 Å². The molecule has 0 aliphatic carbocycles. The number of hydrogen-bond acceptors (Lipinski definition) is 7. The van der Waals surface area contributed by atoms with E-state index in [2.05, 4.69) is 15.4 Å². The molecule has 10 heteroatoms. The fourth-order valence-electron chi connectivity index (χ4n) is 2.90. The van der Waals surface area contributed by atoms with Crippen molar-refractivity contribution in [2.45, 2.75) is 20.0 Å². The molecule has 0 bridgehead atoms. The van der Waals surface area contributed by atoms with Crippen LogP contribution in [0.15, 0.2) is 59.4 Å². The standard InChI is InChI=1S/C22H17ClN4O4S/c1-2-18-26-27-19(28)11-15(24-22(27)32-18)12-31-21(30)16-5-3-4-6-17(16)25-20(29)13-7-9-14(23)10-8-13/h3-11H,2,12H2,1H3,(H,25,29). The topological polar surface area (TPSA) is 103 Å². The van der Waals surface area contributed by atoms with Gasteiger partial charge in [-0.15, -0.1) is 0 Å². The monoisotopic (exact) mass is 468 g/mol. The second-order valence-corrected chi connectivity index (χ2v) is 8.19. The van der Waals surface area contributed by atoms with Gasteiger partial charge in [-0.3, -0.25) is 9.59 Å². The van der Waals surface area contributed by atoms with Crippen LogP contribution in [0.1, 0.15) is 38.3 Å². The van der Waals surface area contributed by atoms with E-state index in [9.17, 15) is 14.4 Å². The molecule has 0 aliphatic heterocycles. The Bertz CT molecular complexity index is 1360. The molecule has 2 aromatic heterocycles. The fraction of sp³-hybridized carbons (Fsp3) is 0.136. The lowest BCUT2D eigenvalue weighted by molar-refractivity contribution is 0.0469. The van der Waals surface area contributed by atoms with Crippen LogP contribution >= 0.6 is 22.9 Å². The highest BCUT2D eigenvalue weighted by Gasteiger charge is 2.16. The molecule has 4 rings (SSSR count). The zero-order valence-electron chi connectivity index (χ0n) is 16.9. The Morgan fingerprint density at radius 1 is 1.16 bits per heavy atom. The lowest BCUT2D eigenvalue weighted by Gasteiger charge is -2.11. The fourth-order valence-corrected chi connectivity index (χ4v) is 3.88. The van der Waals surface area contributed by atoms with Gasteiger partial charge in [0.1, 0.15) is 11.6 Å². The second-order valence-electron chi connectivity index (χ2n) is 6.71. The highest BCUT2D eigenvalue weighted by molar-refractivity contribution is 7.16. The summed E-state index contributed by atoms with van der Waals surface area (Å²) in [6, 6.07) is 14.2. The van der Waals surface area contributed by atoms with Crippen molar-refractivity contribution in [1.29, 1.82) is 0 Å². The van der Waals surface area contributed by atoms with Crippen LogP contribution < -0.4 is 10.9 Å². The molecule has 0 aliphatic rings. The van der Waals surface area contributed by atoms with Crippen molar-refractivity contribution in [2.24, 2.45) is 0 Å². The summed E-state index contributed by atoms with van der Waals surface area (Å²) in [5, 5.41) is 8.20. The average Bonchev–Trinajstić information content (AvgIpc) is 3.22. The summed E-state index contributed by atoms with van der Waals surface area (Å²) in [6.07, 6.45) is 0.691. The van der Waals surface area contributed by atoms with E-state index >= 15 is 0 Å². The zero-order chi connectivity index (χ0) is 22.7. The molecule has 2 aromatic carbocycles. The van der Waals surface area contributed by atoms with E-state index in [1.807, 2.05) is 6.92 Å². The van der Waals surface area contributed by atoms with Gasteiger partial charge in [-0.25, -0.2) is 9.78 Å². The molecule has 2 heterocycles. The largest absolute Gasteiger partial charge is 0.456 e. The highest BCUT2D eigenvalue weighted by atomic mass is 35.5. The van der Waals surface area contributed by atoms with Gasteiger partial charge >= 0.3 is 5.97 Å². The van der Waals surface area contributed by atoms with Crippen LogP contribution in [0, 0.1) is 0 Å². The Hall–Kier alpha value is -3.56. The number of aryl methyl sites for hydroxylation is 1. The summed E-state index contributed by atoms with van der Waals surface area (Å²) in [5.74, 6) is -1.04. The number of anilines is 1. The predicted molar refractivity (Wildman–Crippen MR) is 121 cm³/mol. The molecular weight excluding hydrogens is 452 g/mol. The molecule has 0 saturated heterocycles. The number of carbonyl (C=O) groups excluding carboxylic acids is 2. The number of nitrogens with zero attached hydrogens (tertiary/aromatic N) is 3. The normalized spacial score (nSPS) is 10.8. The number of aromatic nitrogens is 3. The van der Waals surface area contributed by atoms with Crippen LogP contribution in [0.25, 0.3) is 4.96 Å². The first-order valence-corrected chi connectivity index (χ1v) is 10.9. The molecule has 0 unspecified atom stereocenters. The van der Waals surface area contributed by atoms with Gasteiger partial charge < -0.3 is 10.1 Å². The summed E-state index contributed by atoms with van der Waals surface area (Å²) in [6.45, 7) is 1.75. The maximum atomic E-state index is 12.7. The molecule has 0 spiro atoms. The van der Waals surface area contributed by atoms with Gasteiger partial charge in [0.05, 0.1) is 16.9 Å². The molecule has 0 saturated carbocycles. The van der Waals surface area contributed by atoms with Crippen molar-refractivity contribution in [1.82, 2.24) is 14.6 Å². The summed E-state index contributed by atoms with van der Waals surface area (Å²) < 4.78 is 6.59. The minimum atomic E-state index is -0.655. The third kappa shape index (κ3) is 4.68. The molecule has 0 fully saturated rings. The summed E-state index contributed by atoms with van der Waals surface area (Å²) >= 11 is 7.17. The Labute approximate surface area is 191 Å². The van der Waals surface area contributed by atoms with Gasteiger partial charge in [0.25, 0.3) is 11.5 Å². The number of amides is 1. The zero-order valence-corrected chi connectivity index (χ0v) is 18.4. The first-order chi connectivity index (χ1) is 15.4. The van der Waals surface area contributed by atoms with Crippen LogP contribution in [0.5, 0.6) is 0 Å². The van der Waals surface area contributed by atoms with Crippen molar-refractivity contribution in [3.63, 3.8) is 0 Å². The van der Waals surface area contributed by atoms with Crippen LogP contribution in [0.2, 0.25) is 5.02 Å². The lowest BCUT2D eigenvalue weighted by Crippen LogP contribution is -2.18. The van der Waals surface area contributed by atoms with Crippen molar-refractivity contribution >= 4 is 45.5 Å². The number of benzene rings is 2. The SMILES string of the molecule is CCc1nn2c(=O)cc(COC(=O)c3ccccc3NC(=O)c3ccc(Cl)cc3)nc2s1. The van der Waals surface area contributed by atoms with E-state index in [4.69, 9.17) is 16.3 Å². The predicted octanol–water partition coefficient (Wildman–Crippen LogP) is 3.98. The van der Waals surface area contributed by atoms with Crippen LogP contribution in [-0.4, -0.2) is 26.5 Å². The Morgan fingerprint density at radius 2 is 1.91 bits per heavy atom. The average molecular weight is 469 g/mol. The van der Waals surface area contributed by atoms with Crippen LogP contribution in [-0.2, 0) is 17.8 Å². The van der Waals surface area contributed by atoms with Crippen LogP contribution in [0.4, 0.5) is 5.69 Å². The van der Waals surface area contributed by atoms with Gasteiger partial charge in [0, 0.05) is 16.7 Å². The molecule has 1 amide bonds. The van der Waals surface area contributed by atoms with Gasteiger partial charge in [-0.2, -0.15) is 9.61 Å². The molecule has 1 N–H and O–H groups in total. The number of hydrogen-bond donors (Lipinski definition) is 1. The van der Waals surface area contributed by atoms with Gasteiger partial charge in [0.15, 0.2) is 0 Å². The summed E-state index contributed by atoms with van der Waals surface area (Å²) in [4.78, 5) is 42.2. The summed E-state index contributed by atoms with van der Waals surface area (Å²) in [5.41, 5.74) is 0.853. The molecule has 32 heavy (non-hydrogen) atoms. The first-order valence-electron chi connectivity index (χ1n) is 9.66. The Kier molecular flexibility index (Phi) is 6.29. The number of rotatable bonds is 6. The number of carbonyl (C=O) groups is 2. The minimum Gasteiger partial charge on any atom is -0.456 e. The number of esters is 1. The minimum absolute atomic E-state index is 0.179. The van der Waals surface area contributed by atoms with E-state index in [-0.39, 0.29) is 23.6 Å². The number of ether oxygens (including phenoxy) is 1. The molecular formula is C22H17ClN4O4S. The van der Waals surface area contributed by atoms with Crippen LogP contribution in [0.3, 0.4) is 0 Å². The van der Waals surface area contributed by atoms with Crippen molar-refractivity contribution in [3.05, 3.63) is 91.8 Å². The van der Waals surface area contributed by atoms with Gasteiger partial charge in [-0.1, -0.05) is 42.0 Å². The smallest absolute Gasteiger partial charge is 0.340 e. The number of nitrogens with one attached hydrogen (secondary N) is 1. The maximum absolute atomic E-state index is 12.7. The number of fused-ring (bicyclic) bond motifs is 1. The Morgan fingerprint density at radius 3 is 2.66 bits per heavy atom. The first kappa shape index (κ1) is 21.7. The summed E-state index contributed by atoms with van der Waals surface area (Å²) in [7, 11) is 0. The molecule has 8 nitrogen and oxygen atoms in total. The van der Waals surface area contributed by atoms with Gasteiger partial charge in [0.2, 0.25) is 4.96 Å². The number of para-hydroxylation sites is 1. The van der Waals surface area contributed by atoms with E-state index < -0.39 is 5.97 Å². The maximum Gasteiger partial charge on any atom is 0.340 e. The second kappa shape index (κ2) is 9.29. The van der Waals surface area contributed by atoms with Crippen molar-refractivity contribution < 1.29 is 14.3 Å². The van der Waals surface area contributed by atoms with E-state index in [1.165, 1.54) is 21.9 Å². The van der Waals surface area contributed by atoms with Crippen molar-refractivity contribution in [3.8, 4) is 0 Å². The molecule has 4 aromatic rings. The molecule has 0 radical (unpaired) electrons.